The first kappa shape index (κ1) is 15.9. The SMILES string of the molecule is CCOC(=O)N=C(CC1CCCC(F)(F)C1)OCC. The second-order valence-corrected chi connectivity index (χ2v) is 4.66. The summed E-state index contributed by atoms with van der Waals surface area (Å²) < 4.78 is 36.5. The summed E-state index contributed by atoms with van der Waals surface area (Å²) in [5, 5.41) is 0. The van der Waals surface area contributed by atoms with Crippen LogP contribution in [0.2, 0.25) is 0 Å². The number of hydrogen-bond donors (Lipinski definition) is 0. The molecular weight excluding hydrogens is 256 g/mol. The van der Waals surface area contributed by atoms with Crippen molar-refractivity contribution in [3.63, 3.8) is 0 Å². The van der Waals surface area contributed by atoms with Crippen molar-refractivity contribution in [1.29, 1.82) is 0 Å². The molecule has 1 saturated carbocycles. The highest BCUT2D eigenvalue weighted by Crippen LogP contribution is 2.38. The molecule has 6 heteroatoms. The smallest absolute Gasteiger partial charge is 0.436 e. The lowest BCUT2D eigenvalue weighted by Gasteiger charge is -2.28. The maximum Gasteiger partial charge on any atom is 0.436 e. The first-order valence-corrected chi connectivity index (χ1v) is 6.71. The number of rotatable bonds is 4. The lowest BCUT2D eigenvalue weighted by Crippen LogP contribution is -2.28. The number of aliphatic imine (C=N–C) groups is 1. The van der Waals surface area contributed by atoms with Gasteiger partial charge in [0.05, 0.1) is 13.2 Å². The number of carbonyl (C=O) groups excluding carboxylic acids is 1. The molecule has 0 N–H and O–H groups in total. The van der Waals surface area contributed by atoms with E-state index < -0.39 is 12.0 Å². The molecular formula is C13H21F2NO3. The Hall–Kier alpha value is -1.20. The normalized spacial score (nSPS) is 22.9. The molecule has 0 aromatic heterocycles. The van der Waals surface area contributed by atoms with E-state index in [1.165, 1.54) is 0 Å². The van der Waals surface area contributed by atoms with E-state index in [1.807, 2.05) is 0 Å². The molecule has 110 valence electrons. The molecule has 0 aliphatic heterocycles. The van der Waals surface area contributed by atoms with Crippen LogP contribution in [0.4, 0.5) is 13.6 Å². The lowest BCUT2D eigenvalue weighted by molar-refractivity contribution is -0.0517. The highest BCUT2D eigenvalue weighted by Gasteiger charge is 2.36. The Bertz CT molecular complexity index is 332. The number of nitrogens with zero attached hydrogens (tertiary/aromatic N) is 1. The van der Waals surface area contributed by atoms with Crippen molar-refractivity contribution in [3.05, 3.63) is 0 Å². The second kappa shape index (κ2) is 7.40. The summed E-state index contributed by atoms with van der Waals surface area (Å²) in [6.07, 6.45) is 0.529. The van der Waals surface area contributed by atoms with Crippen LogP contribution in [0.3, 0.4) is 0 Å². The van der Waals surface area contributed by atoms with E-state index in [4.69, 9.17) is 9.47 Å². The largest absolute Gasteiger partial charge is 0.481 e. The van der Waals surface area contributed by atoms with Crippen LogP contribution in [0.15, 0.2) is 4.99 Å². The van der Waals surface area contributed by atoms with E-state index in [0.717, 1.165) is 0 Å². The molecule has 19 heavy (non-hydrogen) atoms. The van der Waals surface area contributed by atoms with Gasteiger partial charge in [0.2, 0.25) is 5.92 Å². The molecule has 0 radical (unpaired) electrons. The Morgan fingerprint density at radius 1 is 1.32 bits per heavy atom. The number of amides is 1. The third-order valence-electron chi connectivity index (χ3n) is 3.00. The van der Waals surface area contributed by atoms with Crippen molar-refractivity contribution >= 4 is 12.0 Å². The molecule has 1 amide bonds. The average molecular weight is 277 g/mol. The molecule has 4 nitrogen and oxygen atoms in total. The summed E-state index contributed by atoms with van der Waals surface area (Å²) in [6.45, 7) is 4.01. The minimum Gasteiger partial charge on any atom is -0.481 e. The molecule has 1 unspecified atom stereocenters. The molecule has 1 aliphatic carbocycles. The van der Waals surface area contributed by atoms with Crippen LogP contribution in [0.5, 0.6) is 0 Å². The van der Waals surface area contributed by atoms with Crippen molar-refractivity contribution in [2.45, 2.75) is 51.9 Å². The van der Waals surface area contributed by atoms with Crippen LogP contribution in [-0.2, 0) is 9.47 Å². The maximum absolute atomic E-state index is 13.3. The van der Waals surface area contributed by atoms with Gasteiger partial charge in [0, 0.05) is 19.3 Å². The topological polar surface area (TPSA) is 47.9 Å². The van der Waals surface area contributed by atoms with Gasteiger partial charge < -0.3 is 9.47 Å². The molecule has 1 atom stereocenters. The fraction of sp³-hybridized carbons (Fsp3) is 0.846. The van der Waals surface area contributed by atoms with Gasteiger partial charge in [0.25, 0.3) is 0 Å². The van der Waals surface area contributed by atoms with Crippen molar-refractivity contribution in [2.24, 2.45) is 10.9 Å². The van der Waals surface area contributed by atoms with Gasteiger partial charge in [-0.3, -0.25) is 0 Å². The van der Waals surface area contributed by atoms with Crippen molar-refractivity contribution in [2.75, 3.05) is 13.2 Å². The predicted octanol–water partition coefficient (Wildman–Crippen LogP) is 3.79. The number of alkyl halides is 2. The summed E-state index contributed by atoms with van der Waals surface area (Å²) in [5.74, 6) is -2.60. The van der Waals surface area contributed by atoms with Gasteiger partial charge in [-0.25, -0.2) is 13.6 Å². The van der Waals surface area contributed by atoms with Crippen LogP contribution in [0, 0.1) is 5.92 Å². The van der Waals surface area contributed by atoms with E-state index in [9.17, 15) is 13.6 Å². The summed E-state index contributed by atoms with van der Waals surface area (Å²) in [6, 6.07) is 0. The zero-order valence-electron chi connectivity index (χ0n) is 11.5. The van der Waals surface area contributed by atoms with Crippen molar-refractivity contribution in [1.82, 2.24) is 0 Å². The third-order valence-corrected chi connectivity index (χ3v) is 3.00. The van der Waals surface area contributed by atoms with Gasteiger partial charge in [-0.15, -0.1) is 4.99 Å². The third kappa shape index (κ3) is 5.98. The molecule has 1 rings (SSSR count). The van der Waals surface area contributed by atoms with E-state index in [-0.39, 0.29) is 37.7 Å². The molecule has 0 bridgehead atoms. The summed E-state index contributed by atoms with van der Waals surface area (Å²) in [4.78, 5) is 14.9. The molecule has 0 heterocycles. The Morgan fingerprint density at radius 3 is 2.58 bits per heavy atom. The quantitative estimate of drug-likeness (QED) is 0.580. The molecule has 0 aromatic carbocycles. The minimum absolute atomic E-state index is 0.0531. The van der Waals surface area contributed by atoms with E-state index in [0.29, 0.717) is 19.4 Å². The second-order valence-electron chi connectivity index (χ2n) is 4.66. The fourth-order valence-corrected chi connectivity index (χ4v) is 2.26. The Kier molecular flexibility index (Phi) is 6.18. The van der Waals surface area contributed by atoms with E-state index in [2.05, 4.69) is 4.99 Å². The number of carbonyl (C=O) groups is 1. The first-order valence-electron chi connectivity index (χ1n) is 6.71. The molecule has 0 spiro atoms. The molecule has 1 fully saturated rings. The summed E-state index contributed by atoms with van der Waals surface area (Å²) >= 11 is 0. The highest BCUT2D eigenvalue weighted by atomic mass is 19.3. The summed E-state index contributed by atoms with van der Waals surface area (Å²) in [5.41, 5.74) is 0. The van der Waals surface area contributed by atoms with Crippen LogP contribution >= 0.6 is 0 Å². The van der Waals surface area contributed by atoms with Gasteiger partial charge in [-0.1, -0.05) is 0 Å². The number of halogens is 2. The van der Waals surface area contributed by atoms with Crippen LogP contribution in [-0.4, -0.2) is 31.1 Å². The summed E-state index contributed by atoms with van der Waals surface area (Å²) in [7, 11) is 0. The van der Waals surface area contributed by atoms with Gasteiger partial charge >= 0.3 is 6.09 Å². The highest BCUT2D eigenvalue weighted by molar-refractivity contribution is 5.88. The average Bonchev–Trinajstić information content (AvgIpc) is 2.28. The number of ether oxygens (including phenoxy) is 2. The predicted molar refractivity (Wildman–Crippen MR) is 67.6 cm³/mol. The monoisotopic (exact) mass is 277 g/mol. The van der Waals surface area contributed by atoms with Crippen LogP contribution < -0.4 is 0 Å². The minimum atomic E-state index is -2.61. The van der Waals surface area contributed by atoms with Gasteiger partial charge in [-0.05, 0) is 32.6 Å². The van der Waals surface area contributed by atoms with Crippen LogP contribution in [0.1, 0.15) is 46.0 Å². The Morgan fingerprint density at radius 2 is 2.00 bits per heavy atom. The fourth-order valence-electron chi connectivity index (χ4n) is 2.26. The van der Waals surface area contributed by atoms with Crippen molar-refractivity contribution < 1.29 is 23.0 Å². The Labute approximate surface area is 112 Å². The Balaban J connectivity index is 2.60. The zero-order valence-corrected chi connectivity index (χ0v) is 11.5. The molecule has 0 aromatic rings. The first-order chi connectivity index (χ1) is 8.96. The van der Waals surface area contributed by atoms with E-state index >= 15 is 0 Å². The molecule has 1 aliphatic rings. The standard InChI is InChI=1S/C13H21F2NO3/c1-3-18-11(16-12(17)19-4-2)8-10-6-5-7-13(14,15)9-10/h10H,3-9H2,1-2H3. The lowest BCUT2D eigenvalue weighted by atomic mass is 9.84. The van der Waals surface area contributed by atoms with Gasteiger partial charge in [0.15, 0.2) is 5.90 Å². The number of hydrogen-bond acceptors (Lipinski definition) is 3. The van der Waals surface area contributed by atoms with E-state index in [1.54, 1.807) is 13.8 Å². The zero-order chi connectivity index (χ0) is 14.3. The molecule has 0 saturated heterocycles. The maximum atomic E-state index is 13.3. The van der Waals surface area contributed by atoms with Gasteiger partial charge in [-0.2, -0.15) is 0 Å². The van der Waals surface area contributed by atoms with Crippen LogP contribution in [0.25, 0.3) is 0 Å². The van der Waals surface area contributed by atoms with Gasteiger partial charge in [0.1, 0.15) is 0 Å². The van der Waals surface area contributed by atoms with Crippen molar-refractivity contribution in [3.8, 4) is 0 Å².